The van der Waals surface area contributed by atoms with Gasteiger partial charge in [-0.1, -0.05) is 91.0 Å². The number of rotatable bonds is 7. The molecule has 408 valence electrons. The zero-order chi connectivity index (χ0) is 55.1. The zero-order valence-electron chi connectivity index (χ0n) is 46.2. The molecule has 10 nitrogen and oxygen atoms in total. The predicted molar refractivity (Wildman–Crippen MR) is 299 cm³/mol. The number of nitrogens with zero attached hydrogens (tertiary/aromatic N) is 6. The third-order valence-electron chi connectivity index (χ3n) is 17.2. The number of fused-ring (bicyclic) bond motifs is 15. The van der Waals surface area contributed by atoms with Gasteiger partial charge in [-0.3, -0.25) is 14.5 Å². The van der Waals surface area contributed by atoms with Crippen LogP contribution < -0.4 is 0 Å². The van der Waals surface area contributed by atoms with Crippen molar-refractivity contribution in [1.82, 2.24) is 29.4 Å². The van der Waals surface area contributed by atoms with E-state index >= 15 is 0 Å². The minimum Gasteiger partial charge on any atom is -0.453 e. The number of benzene rings is 6. The molecule has 0 bridgehead atoms. The quantitative estimate of drug-likeness (QED) is 0.147. The summed E-state index contributed by atoms with van der Waals surface area (Å²) in [7, 11) is 13.6. The molecule has 6 aromatic carbocycles. The maximum Gasteiger partial charge on any atom is 0.410 e. The zero-order valence-corrected chi connectivity index (χ0v) is 46.2. The Labute approximate surface area is 458 Å². The van der Waals surface area contributed by atoms with Crippen LogP contribution in [0.25, 0.3) is 0 Å². The van der Waals surface area contributed by atoms with Crippen LogP contribution in [0.15, 0.2) is 127 Å². The first-order valence-electron chi connectivity index (χ1n) is 27.4. The molecule has 0 aromatic heterocycles. The minimum atomic E-state index is -0.344. The summed E-state index contributed by atoms with van der Waals surface area (Å²) in [4.78, 5) is 49.5. The van der Waals surface area contributed by atoms with Crippen LogP contribution in [-0.2, 0) is 33.6 Å². The lowest BCUT2D eigenvalue weighted by Gasteiger charge is -2.32. The van der Waals surface area contributed by atoms with E-state index in [9.17, 15) is 27.6 Å². The van der Waals surface area contributed by atoms with Crippen molar-refractivity contribution < 1.29 is 32.3 Å². The molecule has 0 N–H and O–H groups in total. The highest BCUT2D eigenvalue weighted by atomic mass is 19.1. The van der Waals surface area contributed by atoms with Crippen molar-refractivity contribution in [2.24, 2.45) is 0 Å². The van der Waals surface area contributed by atoms with Crippen molar-refractivity contribution in [2.45, 2.75) is 99.5 Å². The lowest BCUT2D eigenvalue weighted by atomic mass is 9.86. The number of hydrogen-bond acceptors (Lipinski definition) is 7. The summed E-state index contributed by atoms with van der Waals surface area (Å²) in [6.45, 7) is 4.02. The molecule has 0 radical (unpaired) electrons. The number of likely N-dealkylation sites (N-methyl/N-ethyl adjacent to an activating group) is 3. The summed E-state index contributed by atoms with van der Waals surface area (Å²) in [5.41, 5.74) is 13.9. The molecule has 3 amide bonds. The van der Waals surface area contributed by atoms with Crippen LogP contribution in [0.4, 0.5) is 18.0 Å². The van der Waals surface area contributed by atoms with E-state index in [0.29, 0.717) is 0 Å². The third-order valence-corrected chi connectivity index (χ3v) is 17.2. The average Bonchev–Trinajstić information content (AvgIpc) is 4.23. The molecule has 0 unspecified atom stereocenters. The van der Waals surface area contributed by atoms with Crippen molar-refractivity contribution in [2.75, 3.05) is 69.0 Å². The number of halogens is 3. The largest absolute Gasteiger partial charge is 0.453 e. The highest BCUT2D eigenvalue weighted by Crippen LogP contribution is 2.54. The smallest absolute Gasteiger partial charge is 0.410 e. The Morgan fingerprint density at radius 2 is 0.821 bits per heavy atom. The summed E-state index contributed by atoms with van der Waals surface area (Å²) >= 11 is 0. The molecule has 3 heterocycles. The standard InChI is InChI=1S/C22H25FN2O2.C22H25FN2O.C21H23FN2O/c1-24(2)13-17-12-20-18-7-5-4-6-14(18)10-15-8-9-16(23)11-19(15)21(20)25(17)22(26)27-3;1-14(26)25-18(13-24(2)3)12-21-19-7-5-4-6-15(19)10-16-8-9-17(23)11-20(16)22(21)25;1-23(2)12-17-11-20-18-6-4-3-5-14(18)9-15-7-8-16(22)10-19(15)21(20)24(17)13-25/h4-9,11,17,20-21H,10,12-13H2,1-3H3;4-9,11,18,21-22H,10,12-13H2,1-3H3;3-8,10,13,17,20-21H,9,11-12H2,1-2H3/t17-,20-,21-;18-,21-,22-;17-,20-,21-/m111/s1. The summed E-state index contributed by atoms with van der Waals surface area (Å²) < 4.78 is 47.5. The van der Waals surface area contributed by atoms with Gasteiger partial charge >= 0.3 is 6.09 Å². The number of carbonyl (C=O) groups is 3. The summed E-state index contributed by atoms with van der Waals surface area (Å²) in [6.07, 6.45) is 5.62. The Hall–Kier alpha value is -6.80. The van der Waals surface area contributed by atoms with E-state index in [4.69, 9.17) is 4.74 Å². The maximum atomic E-state index is 14.2. The fourth-order valence-corrected chi connectivity index (χ4v) is 14.4. The molecule has 0 saturated carbocycles. The summed E-state index contributed by atoms with van der Waals surface area (Å²) in [5, 5.41) is 0. The van der Waals surface area contributed by atoms with E-state index in [0.717, 1.165) is 98.0 Å². The first-order chi connectivity index (χ1) is 37.5. The first-order valence-corrected chi connectivity index (χ1v) is 27.4. The molecule has 6 aromatic rings. The van der Waals surface area contributed by atoms with Gasteiger partial charge in [0.05, 0.1) is 25.2 Å². The van der Waals surface area contributed by atoms with Crippen molar-refractivity contribution in [3.63, 3.8) is 0 Å². The van der Waals surface area contributed by atoms with Crippen LogP contribution in [0, 0.1) is 17.5 Å². The van der Waals surface area contributed by atoms with Gasteiger partial charge in [-0.25, -0.2) is 18.0 Å². The highest BCUT2D eigenvalue weighted by Gasteiger charge is 2.50. The molecule has 9 atom stereocenters. The summed E-state index contributed by atoms with van der Waals surface area (Å²) in [6, 6.07) is 40.4. The van der Waals surface area contributed by atoms with Gasteiger partial charge in [-0.05, 0) is 184 Å². The molecular formula is C65H73F3N6O4. The second kappa shape index (κ2) is 22.9. The monoisotopic (exact) mass is 1060 g/mol. The normalized spacial score (nSPS) is 24.0. The molecule has 12 rings (SSSR count). The van der Waals surface area contributed by atoms with Gasteiger partial charge in [0, 0.05) is 62.4 Å². The first kappa shape index (κ1) is 54.6. The van der Waals surface area contributed by atoms with Crippen LogP contribution in [-0.4, -0.2) is 135 Å². The molecular weight excluding hydrogens is 986 g/mol. The van der Waals surface area contributed by atoms with Gasteiger partial charge in [-0.15, -0.1) is 0 Å². The Kier molecular flexibility index (Phi) is 16.0. The highest BCUT2D eigenvalue weighted by molar-refractivity contribution is 5.75. The van der Waals surface area contributed by atoms with Gasteiger partial charge in [0.1, 0.15) is 17.5 Å². The Morgan fingerprint density at radius 3 is 1.21 bits per heavy atom. The van der Waals surface area contributed by atoms with Crippen LogP contribution >= 0.6 is 0 Å². The number of amides is 3. The number of hydrogen-bond donors (Lipinski definition) is 0. The van der Waals surface area contributed by atoms with Crippen molar-refractivity contribution in [3.05, 3.63) is 212 Å². The van der Waals surface area contributed by atoms with Crippen LogP contribution in [0.5, 0.6) is 0 Å². The minimum absolute atomic E-state index is 0.0183. The molecule has 3 fully saturated rings. The van der Waals surface area contributed by atoms with Crippen molar-refractivity contribution in [1.29, 1.82) is 0 Å². The molecule has 78 heavy (non-hydrogen) atoms. The molecule has 0 spiro atoms. The van der Waals surface area contributed by atoms with Gasteiger partial charge < -0.3 is 29.2 Å². The number of methoxy groups -OCH3 is 1. The maximum absolute atomic E-state index is 14.2. The number of ether oxygens (including phenoxy) is 1. The van der Waals surface area contributed by atoms with Crippen molar-refractivity contribution >= 4 is 18.4 Å². The summed E-state index contributed by atoms with van der Waals surface area (Å²) in [5.74, 6) is -0.0949. The van der Waals surface area contributed by atoms with E-state index in [1.54, 1.807) is 25.1 Å². The SMILES string of the molecule is CC(=O)N1[C@@H](CN(C)C)C[C@@H]2c3ccccc3Cc3ccc(F)cc3[C@H]21.CN(C)C[C@H]1C[C@@H]2c3ccccc3Cc3ccc(F)cc3[C@H]2N1C=O.COC(=O)N1[C@@H](CN(C)C)C[C@@H]2c3ccccc3Cc3ccc(F)cc3[C@H]21. The van der Waals surface area contributed by atoms with Crippen LogP contribution in [0.3, 0.4) is 0 Å². The molecule has 3 aliphatic heterocycles. The topological polar surface area (TPSA) is 79.9 Å². The number of likely N-dealkylation sites (tertiary alicyclic amines) is 3. The Balaban J connectivity index is 0.000000132. The molecule has 6 aliphatic rings. The Morgan fingerprint density at radius 1 is 0.487 bits per heavy atom. The van der Waals surface area contributed by atoms with E-state index < -0.39 is 0 Å². The second-order valence-electron chi connectivity index (χ2n) is 23.1. The Bertz CT molecular complexity index is 3180. The lowest BCUT2D eigenvalue weighted by Crippen LogP contribution is -2.42. The van der Waals surface area contributed by atoms with Crippen LogP contribution in [0.1, 0.15) is 129 Å². The molecule has 3 aliphatic carbocycles. The fraction of sp³-hybridized carbons (Fsp3) is 0.400. The fourth-order valence-electron chi connectivity index (χ4n) is 14.4. The van der Waals surface area contributed by atoms with Crippen LogP contribution in [0.2, 0.25) is 0 Å². The van der Waals surface area contributed by atoms with E-state index in [1.807, 2.05) is 87.3 Å². The van der Waals surface area contributed by atoms with E-state index in [2.05, 4.69) is 75.4 Å². The molecule has 13 heteroatoms. The van der Waals surface area contributed by atoms with E-state index in [-0.39, 0.29) is 83.5 Å². The lowest BCUT2D eigenvalue weighted by molar-refractivity contribution is -0.132. The van der Waals surface area contributed by atoms with Gasteiger partial charge in [-0.2, -0.15) is 0 Å². The third kappa shape index (κ3) is 10.7. The van der Waals surface area contributed by atoms with Gasteiger partial charge in [0.2, 0.25) is 12.3 Å². The van der Waals surface area contributed by atoms with Gasteiger partial charge in [0.25, 0.3) is 0 Å². The van der Waals surface area contributed by atoms with Gasteiger partial charge in [0.15, 0.2) is 0 Å². The average molecular weight is 1060 g/mol. The molecule has 3 saturated heterocycles. The number of carbonyl (C=O) groups excluding carboxylic acids is 3. The van der Waals surface area contributed by atoms with Crippen molar-refractivity contribution in [3.8, 4) is 0 Å². The second-order valence-corrected chi connectivity index (χ2v) is 23.1. The van der Waals surface area contributed by atoms with E-state index in [1.165, 1.54) is 58.7 Å². The predicted octanol–water partition coefficient (Wildman–Crippen LogP) is 11.0.